The molecule has 0 atom stereocenters. The van der Waals surface area contributed by atoms with Gasteiger partial charge in [-0.25, -0.2) is 4.83 Å². The number of hydrogen-bond donors (Lipinski definition) is 1. The van der Waals surface area contributed by atoms with Gasteiger partial charge in [-0.3, -0.25) is 0 Å². The van der Waals surface area contributed by atoms with Crippen molar-refractivity contribution >= 4 is 39.3 Å². The van der Waals surface area contributed by atoms with Gasteiger partial charge in [0.25, 0.3) is 10.0 Å². The maximum atomic E-state index is 12.1. The quantitative estimate of drug-likeness (QED) is 0.658. The van der Waals surface area contributed by atoms with Crippen LogP contribution in [0, 0.1) is 6.92 Å². The van der Waals surface area contributed by atoms with Crippen LogP contribution in [0.5, 0.6) is 0 Å². The highest BCUT2D eigenvalue weighted by Crippen LogP contribution is 2.32. The van der Waals surface area contributed by atoms with E-state index in [9.17, 15) is 8.42 Å². The Bertz CT molecular complexity index is 591. The molecule has 1 aromatic carbocycles. The summed E-state index contributed by atoms with van der Waals surface area (Å²) in [6.45, 7) is 3.79. The number of nitrogens with zero attached hydrogens (tertiary/aromatic N) is 1. The van der Waals surface area contributed by atoms with E-state index in [1.54, 1.807) is 24.3 Å². The van der Waals surface area contributed by atoms with Crippen molar-refractivity contribution in [2.75, 3.05) is 11.5 Å². The molecule has 0 amide bonds. The minimum atomic E-state index is -3.56. The molecule has 1 aliphatic heterocycles. The van der Waals surface area contributed by atoms with Crippen molar-refractivity contribution in [3.8, 4) is 0 Å². The van der Waals surface area contributed by atoms with Crippen molar-refractivity contribution in [2.24, 2.45) is 5.10 Å². The molecule has 0 saturated carbocycles. The molecule has 1 saturated heterocycles. The van der Waals surface area contributed by atoms with Crippen LogP contribution >= 0.6 is 23.5 Å². The molecule has 0 unspecified atom stereocenters. The zero-order valence-electron chi connectivity index (χ0n) is 12.2. The highest BCUT2D eigenvalue weighted by atomic mass is 32.2. The van der Waals surface area contributed by atoms with Crippen molar-refractivity contribution in [2.45, 2.75) is 36.2 Å². The Labute approximate surface area is 135 Å². The van der Waals surface area contributed by atoms with Crippen LogP contribution in [0.2, 0.25) is 0 Å². The smallest absolute Gasteiger partial charge is 0.200 e. The molecular weight excluding hydrogens is 324 g/mol. The van der Waals surface area contributed by atoms with Crippen molar-refractivity contribution in [3.05, 3.63) is 29.8 Å². The summed E-state index contributed by atoms with van der Waals surface area (Å²) < 4.78 is 24.7. The topological polar surface area (TPSA) is 58.5 Å². The third-order valence-corrected chi connectivity index (χ3v) is 7.21. The van der Waals surface area contributed by atoms with E-state index in [0.717, 1.165) is 17.7 Å². The fourth-order valence-corrected chi connectivity index (χ4v) is 5.74. The fraction of sp³-hybridized carbons (Fsp3) is 0.500. The number of thioether (sulfide) groups is 2. The third kappa shape index (κ3) is 5.23. The monoisotopic (exact) mass is 344 g/mol. The second kappa shape index (κ2) is 7.56. The number of aryl methyl sites for hydroxylation is 1. The number of rotatable bonds is 5. The molecule has 1 aromatic rings. The van der Waals surface area contributed by atoms with Crippen molar-refractivity contribution in [1.82, 2.24) is 4.83 Å². The van der Waals surface area contributed by atoms with Crippen molar-refractivity contribution in [3.63, 3.8) is 0 Å². The Morgan fingerprint density at radius 1 is 1.29 bits per heavy atom. The lowest BCUT2D eigenvalue weighted by atomic mass is 10.2. The molecule has 0 radical (unpaired) electrons. The van der Waals surface area contributed by atoms with Crippen LogP contribution in [-0.4, -0.2) is 30.2 Å². The minimum absolute atomic E-state index is 0.242. The summed E-state index contributed by atoms with van der Waals surface area (Å²) in [4.78, 5) is 2.57. The summed E-state index contributed by atoms with van der Waals surface area (Å²) in [6, 6.07) is 6.74. The average Bonchev–Trinajstić information content (AvgIpc) is 2.47. The van der Waals surface area contributed by atoms with Gasteiger partial charge in [0.15, 0.2) is 0 Å². The lowest BCUT2D eigenvalue weighted by Gasteiger charge is -2.20. The molecule has 21 heavy (non-hydrogen) atoms. The third-order valence-electron chi connectivity index (χ3n) is 3.05. The van der Waals surface area contributed by atoms with E-state index >= 15 is 0 Å². The normalized spacial score (nSPS) is 17.7. The Hall–Kier alpha value is -0.660. The Morgan fingerprint density at radius 2 is 1.90 bits per heavy atom. The zero-order valence-corrected chi connectivity index (χ0v) is 14.7. The number of nitrogens with one attached hydrogen (secondary N) is 1. The Morgan fingerprint density at radius 3 is 2.52 bits per heavy atom. The van der Waals surface area contributed by atoms with Gasteiger partial charge in [0.05, 0.1) is 9.48 Å². The summed E-state index contributed by atoms with van der Waals surface area (Å²) in [5.74, 6) is 2.36. The van der Waals surface area contributed by atoms with Gasteiger partial charge in [0, 0.05) is 12.1 Å². The number of hydrazone groups is 1. The molecule has 7 heteroatoms. The number of hydrogen-bond acceptors (Lipinski definition) is 5. The van der Waals surface area contributed by atoms with E-state index in [0.29, 0.717) is 4.58 Å². The van der Waals surface area contributed by atoms with E-state index in [1.807, 2.05) is 37.4 Å². The van der Waals surface area contributed by atoms with Gasteiger partial charge < -0.3 is 0 Å². The van der Waals surface area contributed by atoms with Gasteiger partial charge in [-0.15, -0.1) is 23.5 Å². The van der Waals surface area contributed by atoms with Crippen LogP contribution in [-0.2, 0) is 10.0 Å². The van der Waals surface area contributed by atoms with E-state index in [-0.39, 0.29) is 4.90 Å². The molecule has 4 nitrogen and oxygen atoms in total. The molecule has 0 aliphatic carbocycles. The first-order valence-corrected chi connectivity index (χ1v) is 10.4. The highest BCUT2D eigenvalue weighted by Gasteiger charge is 2.16. The van der Waals surface area contributed by atoms with E-state index in [2.05, 4.69) is 9.93 Å². The second-order valence-electron chi connectivity index (χ2n) is 4.98. The van der Waals surface area contributed by atoms with Crippen LogP contribution in [0.3, 0.4) is 0 Å². The van der Waals surface area contributed by atoms with Crippen LogP contribution in [0.15, 0.2) is 34.3 Å². The van der Waals surface area contributed by atoms with Crippen LogP contribution in [0.25, 0.3) is 0 Å². The maximum Gasteiger partial charge on any atom is 0.276 e. The van der Waals surface area contributed by atoms with Crippen molar-refractivity contribution in [1.29, 1.82) is 0 Å². The summed E-state index contributed by atoms with van der Waals surface area (Å²) in [5, 5.41) is 4.04. The van der Waals surface area contributed by atoms with Gasteiger partial charge in [0.2, 0.25) is 0 Å². The number of sulfonamides is 1. The first-order chi connectivity index (χ1) is 9.97. The molecule has 1 aliphatic rings. The van der Waals surface area contributed by atoms with Crippen LogP contribution < -0.4 is 4.83 Å². The molecule has 1 heterocycles. The van der Waals surface area contributed by atoms with Gasteiger partial charge in [-0.2, -0.15) is 13.5 Å². The molecule has 0 aromatic heterocycles. The maximum absolute atomic E-state index is 12.1. The SMILES string of the molecule is CC(CC1SCCCS1)=NNS(=O)(=O)c1ccc(C)cc1. The van der Waals surface area contributed by atoms with Crippen LogP contribution in [0.4, 0.5) is 0 Å². The second-order valence-corrected chi connectivity index (χ2v) is 9.56. The molecule has 1 N–H and O–H groups in total. The predicted molar refractivity (Wildman–Crippen MR) is 92.5 cm³/mol. The first-order valence-electron chi connectivity index (χ1n) is 6.82. The minimum Gasteiger partial charge on any atom is -0.200 e. The van der Waals surface area contributed by atoms with E-state index in [4.69, 9.17) is 0 Å². The molecule has 116 valence electrons. The molecule has 1 fully saturated rings. The predicted octanol–water partition coefficient (Wildman–Crippen LogP) is 3.24. The fourth-order valence-electron chi connectivity index (χ4n) is 1.85. The van der Waals surface area contributed by atoms with E-state index < -0.39 is 10.0 Å². The molecule has 0 bridgehead atoms. The average molecular weight is 345 g/mol. The molecular formula is C14H20N2O2S3. The molecule has 2 rings (SSSR count). The Kier molecular flexibility index (Phi) is 6.01. The Balaban J connectivity index is 1.96. The lowest BCUT2D eigenvalue weighted by Crippen LogP contribution is -2.21. The summed E-state index contributed by atoms with van der Waals surface area (Å²) in [6.07, 6.45) is 2.06. The number of benzene rings is 1. The van der Waals surface area contributed by atoms with Crippen molar-refractivity contribution < 1.29 is 8.42 Å². The van der Waals surface area contributed by atoms with E-state index in [1.165, 1.54) is 17.9 Å². The zero-order chi connectivity index (χ0) is 15.3. The van der Waals surface area contributed by atoms with Gasteiger partial charge in [0.1, 0.15) is 0 Å². The first kappa shape index (κ1) is 16.7. The standard InChI is InChI=1S/C14H20N2O2S3/c1-11-4-6-13(7-5-11)21(17,18)16-15-12(2)10-14-19-8-3-9-20-14/h4-7,14,16H,3,8-10H2,1-2H3. The van der Waals surface area contributed by atoms with Crippen LogP contribution in [0.1, 0.15) is 25.3 Å². The largest absolute Gasteiger partial charge is 0.276 e. The van der Waals surface area contributed by atoms with Gasteiger partial charge in [-0.05, 0) is 43.9 Å². The van der Waals surface area contributed by atoms with Gasteiger partial charge >= 0.3 is 0 Å². The summed E-state index contributed by atoms with van der Waals surface area (Å²) in [5.41, 5.74) is 1.84. The summed E-state index contributed by atoms with van der Waals surface area (Å²) in [7, 11) is -3.56. The van der Waals surface area contributed by atoms with Gasteiger partial charge in [-0.1, -0.05) is 17.7 Å². The lowest BCUT2D eigenvalue weighted by molar-refractivity contribution is 0.584. The summed E-state index contributed by atoms with van der Waals surface area (Å²) >= 11 is 3.86. The molecule has 0 spiro atoms. The highest BCUT2D eigenvalue weighted by molar-refractivity contribution is 8.17.